The van der Waals surface area contributed by atoms with Crippen molar-refractivity contribution in [2.24, 2.45) is 0 Å². The van der Waals surface area contributed by atoms with Crippen LogP contribution in [-0.2, 0) is 6.54 Å². The van der Waals surface area contributed by atoms with Crippen molar-refractivity contribution in [3.8, 4) is 22.8 Å². The van der Waals surface area contributed by atoms with Crippen LogP contribution in [0, 0.1) is 0 Å². The minimum Gasteiger partial charge on any atom is -0.274 e. The number of nitrogens with zero attached hydrogens (tertiary/aromatic N) is 5. The van der Waals surface area contributed by atoms with E-state index >= 15 is 0 Å². The smallest absolute Gasteiger partial charge is 0.222 e. The molecule has 6 nitrogen and oxygen atoms in total. The summed E-state index contributed by atoms with van der Waals surface area (Å²) >= 11 is 0. The molecule has 0 bridgehead atoms. The van der Waals surface area contributed by atoms with E-state index in [0.29, 0.717) is 12.4 Å². The van der Waals surface area contributed by atoms with Crippen LogP contribution in [0.2, 0.25) is 0 Å². The lowest BCUT2D eigenvalue weighted by Gasteiger charge is -1.92. The van der Waals surface area contributed by atoms with Gasteiger partial charge in [0, 0.05) is 5.56 Å². The van der Waals surface area contributed by atoms with Gasteiger partial charge in [-0.15, -0.1) is 10.2 Å². The van der Waals surface area contributed by atoms with E-state index in [1.165, 1.54) is 0 Å². The standard InChI is InChI=1S/C12H12N6/c1-2-18-16-12(15-17-18)11-8-10(13-14-11)9-6-4-3-5-7-9/h3-8H,2H2,1H3,(H,13,14). The number of benzene rings is 1. The Kier molecular flexibility index (Phi) is 2.60. The van der Waals surface area contributed by atoms with Crippen molar-refractivity contribution in [3.05, 3.63) is 36.4 Å². The molecule has 0 aliphatic rings. The third kappa shape index (κ3) is 1.88. The molecule has 0 radical (unpaired) electrons. The predicted molar refractivity (Wildman–Crippen MR) is 66.5 cm³/mol. The van der Waals surface area contributed by atoms with E-state index in [1.54, 1.807) is 4.80 Å². The topological polar surface area (TPSA) is 72.3 Å². The summed E-state index contributed by atoms with van der Waals surface area (Å²) in [7, 11) is 0. The molecule has 90 valence electrons. The molecular weight excluding hydrogens is 228 g/mol. The highest BCUT2D eigenvalue weighted by atomic mass is 15.6. The first-order chi connectivity index (χ1) is 8.86. The number of rotatable bonds is 3. The molecule has 2 aromatic heterocycles. The number of H-pyrrole nitrogens is 1. The fourth-order valence-electron chi connectivity index (χ4n) is 1.68. The number of nitrogens with one attached hydrogen (secondary N) is 1. The van der Waals surface area contributed by atoms with Gasteiger partial charge >= 0.3 is 0 Å². The minimum atomic E-state index is 0.562. The van der Waals surface area contributed by atoms with Crippen LogP contribution in [-0.4, -0.2) is 30.4 Å². The Morgan fingerprint density at radius 3 is 2.78 bits per heavy atom. The summed E-state index contributed by atoms with van der Waals surface area (Å²) < 4.78 is 0. The van der Waals surface area contributed by atoms with E-state index in [0.717, 1.165) is 17.0 Å². The summed E-state index contributed by atoms with van der Waals surface area (Å²) in [6.45, 7) is 2.67. The largest absolute Gasteiger partial charge is 0.274 e. The molecule has 0 amide bonds. The molecule has 0 unspecified atom stereocenters. The van der Waals surface area contributed by atoms with E-state index in [4.69, 9.17) is 0 Å². The van der Waals surface area contributed by atoms with Gasteiger partial charge in [0.05, 0.1) is 12.2 Å². The zero-order valence-electron chi connectivity index (χ0n) is 9.91. The molecule has 3 aromatic rings. The highest BCUT2D eigenvalue weighted by Gasteiger charge is 2.09. The van der Waals surface area contributed by atoms with Crippen molar-refractivity contribution in [3.63, 3.8) is 0 Å². The predicted octanol–water partition coefficient (Wildman–Crippen LogP) is 1.75. The number of aryl methyl sites for hydroxylation is 1. The van der Waals surface area contributed by atoms with Crippen molar-refractivity contribution >= 4 is 0 Å². The number of aromatic amines is 1. The minimum absolute atomic E-state index is 0.562. The molecule has 0 saturated heterocycles. The second-order valence-electron chi connectivity index (χ2n) is 3.83. The van der Waals surface area contributed by atoms with Gasteiger partial charge in [0.15, 0.2) is 0 Å². The van der Waals surface area contributed by atoms with Gasteiger partial charge in [0.2, 0.25) is 5.82 Å². The Bertz CT molecular complexity index is 639. The molecule has 0 aliphatic heterocycles. The Hall–Kier alpha value is -2.50. The monoisotopic (exact) mass is 240 g/mol. The molecule has 3 rings (SSSR count). The molecule has 0 fully saturated rings. The maximum absolute atomic E-state index is 4.26. The molecule has 0 aliphatic carbocycles. The van der Waals surface area contributed by atoms with Gasteiger partial charge in [-0.05, 0) is 18.2 Å². The van der Waals surface area contributed by atoms with Gasteiger partial charge in [-0.25, -0.2) is 0 Å². The van der Waals surface area contributed by atoms with E-state index in [9.17, 15) is 0 Å². The van der Waals surface area contributed by atoms with Crippen LogP contribution in [0.3, 0.4) is 0 Å². The van der Waals surface area contributed by atoms with Crippen LogP contribution in [0.25, 0.3) is 22.8 Å². The third-order valence-electron chi connectivity index (χ3n) is 2.62. The van der Waals surface area contributed by atoms with Gasteiger partial charge in [0.1, 0.15) is 5.69 Å². The Morgan fingerprint density at radius 2 is 2.06 bits per heavy atom. The van der Waals surface area contributed by atoms with Crippen LogP contribution in [0.1, 0.15) is 6.92 Å². The van der Waals surface area contributed by atoms with Crippen molar-refractivity contribution in [2.75, 3.05) is 0 Å². The molecule has 0 saturated carbocycles. The van der Waals surface area contributed by atoms with Crippen molar-refractivity contribution in [2.45, 2.75) is 13.5 Å². The maximum Gasteiger partial charge on any atom is 0.222 e. The summed E-state index contributed by atoms with van der Waals surface area (Å²) in [6, 6.07) is 11.9. The second-order valence-corrected chi connectivity index (χ2v) is 3.83. The average Bonchev–Trinajstić information content (AvgIpc) is 3.08. The van der Waals surface area contributed by atoms with Crippen LogP contribution in [0.5, 0.6) is 0 Å². The lowest BCUT2D eigenvalue weighted by molar-refractivity contribution is 0.552. The molecule has 6 heteroatoms. The van der Waals surface area contributed by atoms with Crippen molar-refractivity contribution in [1.82, 2.24) is 30.4 Å². The average molecular weight is 240 g/mol. The normalized spacial score (nSPS) is 10.7. The lowest BCUT2D eigenvalue weighted by atomic mass is 10.1. The maximum atomic E-state index is 4.26. The van der Waals surface area contributed by atoms with Crippen LogP contribution in [0.4, 0.5) is 0 Å². The number of tetrazole rings is 1. The van der Waals surface area contributed by atoms with E-state index < -0.39 is 0 Å². The van der Waals surface area contributed by atoms with Gasteiger partial charge in [-0.1, -0.05) is 30.3 Å². The molecular formula is C12H12N6. The SMILES string of the molecule is CCn1nnc(-c2cc(-c3ccccc3)n[nH]2)n1. The third-order valence-corrected chi connectivity index (χ3v) is 2.62. The lowest BCUT2D eigenvalue weighted by Crippen LogP contribution is -1.98. The van der Waals surface area contributed by atoms with Gasteiger partial charge in [0.25, 0.3) is 0 Å². The summed E-state index contributed by atoms with van der Waals surface area (Å²) in [5.74, 6) is 0.562. The number of hydrogen-bond donors (Lipinski definition) is 1. The van der Waals surface area contributed by atoms with Gasteiger partial charge in [-0.2, -0.15) is 9.90 Å². The molecule has 2 heterocycles. The van der Waals surface area contributed by atoms with Crippen LogP contribution in [0.15, 0.2) is 36.4 Å². The fourth-order valence-corrected chi connectivity index (χ4v) is 1.68. The summed E-state index contributed by atoms with van der Waals surface area (Å²) in [5.41, 5.74) is 2.70. The van der Waals surface area contributed by atoms with E-state index in [1.807, 2.05) is 43.3 Å². The van der Waals surface area contributed by atoms with Crippen molar-refractivity contribution < 1.29 is 0 Å². The highest BCUT2D eigenvalue weighted by molar-refractivity contribution is 5.64. The molecule has 1 aromatic carbocycles. The zero-order chi connectivity index (χ0) is 12.4. The molecule has 18 heavy (non-hydrogen) atoms. The van der Waals surface area contributed by atoms with Gasteiger partial charge < -0.3 is 0 Å². The van der Waals surface area contributed by atoms with Crippen molar-refractivity contribution in [1.29, 1.82) is 0 Å². The summed E-state index contributed by atoms with van der Waals surface area (Å²) in [6.07, 6.45) is 0. The molecule has 0 atom stereocenters. The Balaban J connectivity index is 1.94. The fraction of sp³-hybridized carbons (Fsp3) is 0.167. The van der Waals surface area contributed by atoms with Crippen LogP contribution < -0.4 is 0 Å². The summed E-state index contributed by atoms with van der Waals surface area (Å²) in [5, 5.41) is 19.3. The first kappa shape index (κ1) is 10.6. The van der Waals surface area contributed by atoms with E-state index in [-0.39, 0.29) is 0 Å². The summed E-state index contributed by atoms with van der Waals surface area (Å²) in [4.78, 5) is 1.54. The van der Waals surface area contributed by atoms with E-state index in [2.05, 4.69) is 25.6 Å². The highest BCUT2D eigenvalue weighted by Crippen LogP contribution is 2.20. The Labute approximate surface area is 104 Å². The first-order valence-corrected chi connectivity index (χ1v) is 5.76. The Morgan fingerprint density at radius 1 is 1.22 bits per heavy atom. The second kappa shape index (κ2) is 4.40. The number of aromatic nitrogens is 6. The molecule has 0 spiro atoms. The quantitative estimate of drug-likeness (QED) is 0.757. The van der Waals surface area contributed by atoms with Gasteiger partial charge in [-0.3, -0.25) is 5.10 Å². The van der Waals surface area contributed by atoms with Crippen LogP contribution >= 0.6 is 0 Å². The number of hydrogen-bond acceptors (Lipinski definition) is 4. The molecule has 1 N–H and O–H groups in total. The zero-order valence-corrected chi connectivity index (χ0v) is 9.91. The first-order valence-electron chi connectivity index (χ1n) is 5.76.